The van der Waals surface area contributed by atoms with Crippen molar-refractivity contribution >= 4 is 23.5 Å². The van der Waals surface area contributed by atoms with Crippen LogP contribution in [0.2, 0.25) is 0 Å². The average molecular weight is 319 g/mol. The number of Topliss-reactive ketones (excluding diaryl/α,β-unsaturated/α-hetero) is 1. The van der Waals surface area contributed by atoms with Crippen molar-refractivity contribution in [1.29, 1.82) is 0 Å². The summed E-state index contributed by atoms with van der Waals surface area (Å²) in [6, 6.07) is 5.68. The Hall–Kier alpha value is -2.54. The zero-order chi connectivity index (χ0) is 16.8. The summed E-state index contributed by atoms with van der Waals surface area (Å²) < 4.78 is 10.5. The van der Waals surface area contributed by atoms with Crippen LogP contribution in [0.4, 0.5) is 5.69 Å². The summed E-state index contributed by atoms with van der Waals surface area (Å²) in [6.45, 7) is 1.99. The van der Waals surface area contributed by atoms with Gasteiger partial charge in [0.2, 0.25) is 0 Å². The summed E-state index contributed by atoms with van der Waals surface area (Å²) in [5.74, 6) is -1.21. The molecule has 1 unspecified atom stereocenters. The number of carbonyl (C=O) groups excluding carboxylic acids is 2. The number of nitro benzene ring substituents is 1. The summed E-state index contributed by atoms with van der Waals surface area (Å²) in [6.07, 6.45) is 2.90. The lowest BCUT2D eigenvalue weighted by molar-refractivity contribution is -0.384. The molecule has 122 valence electrons. The second-order valence-electron chi connectivity index (χ2n) is 5.20. The SMILES string of the molecule is CC(=O)/C(=C\c1cccc([N+](=O)[O-])c1)C(=O)OCC1CCCO1. The number of hydrogen-bond acceptors (Lipinski definition) is 6. The molecule has 1 aliphatic heterocycles. The minimum Gasteiger partial charge on any atom is -0.459 e. The Morgan fingerprint density at radius 2 is 2.26 bits per heavy atom. The molecule has 23 heavy (non-hydrogen) atoms. The number of esters is 1. The number of hydrogen-bond donors (Lipinski definition) is 0. The van der Waals surface area contributed by atoms with E-state index in [0.29, 0.717) is 12.2 Å². The smallest absolute Gasteiger partial charge is 0.341 e. The Labute approximate surface area is 133 Å². The number of nitrogens with zero attached hydrogens (tertiary/aromatic N) is 1. The third-order valence-electron chi connectivity index (χ3n) is 3.42. The van der Waals surface area contributed by atoms with Crippen molar-refractivity contribution < 1.29 is 24.0 Å². The molecule has 0 aromatic heterocycles. The first kappa shape index (κ1) is 16.8. The number of nitro groups is 1. The average Bonchev–Trinajstić information content (AvgIpc) is 3.03. The Balaban J connectivity index is 2.13. The van der Waals surface area contributed by atoms with Crippen LogP contribution in [0.3, 0.4) is 0 Å². The molecule has 1 heterocycles. The van der Waals surface area contributed by atoms with Gasteiger partial charge in [-0.3, -0.25) is 14.9 Å². The molecular formula is C16H17NO6. The topological polar surface area (TPSA) is 95.7 Å². The van der Waals surface area contributed by atoms with Gasteiger partial charge in [-0.05, 0) is 31.4 Å². The van der Waals surface area contributed by atoms with Gasteiger partial charge in [0.05, 0.1) is 11.0 Å². The van der Waals surface area contributed by atoms with E-state index in [0.717, 1.165) is 12.8 Å². The van der Waals surface area contributed by atoms with E-state index in [1.807, 2.05) is 0 Å². The summed E-state index contributed by atoms with van der Waals surface area (Å²) in [7, 11) is 0. The van der Waals surface area contributed by atoms with Gasteiger partial charge in [-0.25, -0.2) is 4.79 Å². The number of rotatable bonds is 6. The van der Waals surface area contributed by atoms with Gasteiger partial charge in [-0.2, -0.15) is 0 Å². The first-order valence-electron chi connectivity index (χ1n) is 7.23. The fourth-order valence-electron chi connectivity index (χ4n) is 2.22. The van der Waals surface area contributed by atoms with E-state index in [1.165, 1.54) is 31.2 Å². The van der Waals surface area contributed by atoms with E-state index in [-0.39, 0.29) is 24.0 Å². The Bertz CT molecular complexity index is 646. The van der Waals surface area contributed by atoms with Gasteiger partial charge in [0.1, 0.15) is 12.2 Å². The van der Waals surface area contributed by atoms with Gasteiger partial charge >= 0.3 is 5.97 Å². The van der Waals surface area contributed by atoms with Crippen LogP contribution in [-0.4, -0.2) is 36.0 Å². The molecule has 0 N–H and O–H groups in total. The highest BCUT2D eigenvalue weighted by molar-refractivity contribution is 6.19. The minimum atomic E-state index is -0.750. The Morgan fingerprint density at radius 3 is 2.87 bits per heavy atom. The highest BCUT2D eigenvalue weighted by atomic mass is 16.6. The molecule has 0 radical (unpaired) electrons. The minimum absolute atomic E-state index is 0.0956. The third kappa shape index (κ3) is 4.72. The number of benzene rings is 1. The van der Waals surface area contributed by atoms with Gasteiger partial charge in [-0.1, -0.05) is 12.1 Å². The molecule has 7 nitrogen and oxygen atoms in total. The summed E-state index contributed by atoms with van der Waals surface area (Å²) in [5, 5.41) is 10.8. The molecule has 0 spiro atoms. The monoisotopic (exact) mass is 319 g/mol. The molecular weight excluding hydrogens is 302 g/mol. The van der Waals surface area contributed by atoms with E-state index in [1.54, 1.807) is 6.07 Å². The Morgan fingerprint density at radius 1 is 1.48 bits per heavy atom. The maximum Gasteiger partial charge on any atom is 0.341 e. The second-order valence-corrected chi connectivity index (χ2v) is 5.20. The van der Waals surface area contributed by atoms with E-state index in [9.17, 15) is 19.7 Å². The largest absolute Gasteiger partial charge is 0.459 e. The van der Waals surface area contributed by atoms with Crippen LogP contribution >= 0.6 is 0 Å². The number of carbonyl (C=O) groups is 2. The molecule has 0 saturated carbocycles. The summed E-state index contributed by atoms with van der Waals surface area (Å²) in [4.78, 5) is 34.0. The predicted octanol–water partition coefficient (Wildman–Crippen LogP) is 2.29. The maximum atomic E-state index is 12.1. The highest BCUT2D eigenvalue weighted by Crippen LogP contribution is 2.17. The van der Waals surface area contributed by atoms with Crippen molar-refractivity contribution in [3.05, 3.63) is 45.5 Å². The van der Waals surface area contributed by atoms with E-state index >= 15 is 0 Å². The molecule has 0 amide bonds. The number of non-ortho nitro benzene ring substituents is 1. The molecule has 1 aromatic rings. The zero-order valence-electron chi connectivity index (χ0n) is 12.7. The van der Waals surface area contributed by atoms with Crippen molar-refractivity contribution in [2.45, 2.75) is 25.9 Å². The molecule has 7 heteroatoms. The first-order chi connectivity index (χ1) is 11.0. The van der Waals surface area contributed by atoms with Crippen LogP contribution < -0.4 is 0 Å². The zero-order valence-corrected chi connectivity index (χ0v) is 12.7. The van der Waals surface area contributed by atoms with Crippen LogP contribution in [0, 0.1) is 10.1 Å². The van der Waals surface area contributed by atoms with Crippen LogP contribution in [0.5, 0.6) is 0 Å². The lowest BCUT2D eigenvalue weighted by atomic mass is 10.1. The molecule has 1 saturated heterocycles. The van der Waals surface area contributed by atoms with E-state index in [4.69, 9.17) is 9.47 Å². The van der Waals surface area contributed by atoms with E-state index < -0.39 is 16.7 Å². The lowest BCUT2D eigenvalue weighted by Crippen LogP contribution is -2.21. The number of ketones is 1. The molecule has 2 rings (SSSR count). The maximum absolute atomic E-state index is 12.1. The van der Waals surface area contributed by atoms with Crippen LogP contribution in [0.1, 0.15) is 25.3 Å². The van der Waals surface area contributed by atoms with Crippen molar-refractivity contribution in [2.75, 3.05) is 13.2 Å². The highest BCUT2D eigenvalue weighted by Gasteiger charge is 2.21. The van der Waals surface area contributed by atoms with Crippen LogP contribution in [0.25, 0.3) is 6.08 Å². The predicted molar refractivity (Wildman–Crippen MR) is 81.7 cm³/mol. The van der Waals surface area contributed by atoms with Crippen molar-refractivity contribution in [3.8, 4) is 0 Å². The van der Waals surface area contributed by atoms with Gasteiger partial charge < -0.3 is 9.47 Å². The van der Waals surface area contributed by atoms with E-state index in [2.05, 4.69) is 0 Å². The lowest BCUT2D eigenvalue weighted by Gasteiger charge is -2.10. The molecule has 0 aliphatic carbocycles. The molecule has 1 fully saturated rings. The fourth-order valence-corrected chi connectivity index (χ4v) is 2.22. The van der Waals surface area contributed by atoms with Crippen molar-refractivity contribution in [1.82, 2.24) is 0 Å². The molecule has 0 bridgehead atoms. The van der Waals surface area contributed by atoms with Gasteiger partial charge in [0.15, 0.2) is 5.78 Å². The standard InChI is InChI=1S/C16H17NO6/c1-11(18)15(16(19)23-10-14-6-3-7-22-14)9-12-4-2-5-13(8-12)17(20)21/h2,4-5,8-9,14H,3,6-7,10H2,1H3/b15-9+. The first-order valence-corrected chi connectivity index (χ1v) is 7.23. The normalized spacial score (nSPS) is 17.8. The quantitative estimate of drug-likeness (QED) is 0.199. The van der Waals surface area contributed by atoms with Gasteiger partial charge in [-0.15, -0.1) is 0 Å². The van der Waals surface area contributed by atoms with Gasteiger partial charge in [0.25, 0.3) is 5.69 Å². The van der Waals surface area contributed by atoms with Crippen LogP contribution in [0.15, 0.2) is 29.8 Å². The fraction of sp³-hybridized carbons (Fsp3) is 0.375. The van der Waals surface area contributed by atoms with Crippen molar-refractivity contribution in [3.63, 3.8) is 0 Å². The van der Waals surface area contributed by atoms with Crippen LogP contribution in [-0.2, 0) is 19.1 Å². The summed E-state index contributed by atoms with van der Waals surface area (Å²) in [5.41, 5.74) is 0.122. The third-order valence-corrected chi connectivity index (χ3v) is 3.42. The molecule has 1 atom stereocenters. The van der Waals surface area contributed by atoms with Crippen molar-refractivity contribution in [2.24, 2.45) is 0 Å². The molecule has 1 aromatic carbocycles. The Kier molecular flexibility index (Phi) is 5.59. The second kappa shape index (κ2) is 7.64. The number of ether oxygens (including phenoxy) is 2. The summed E-state index contributed by atoms with van der Waals surface area (Å²) >= 11 is 0. The molecule has 1 aliphatic rings. The van der Waals surface area contributed by atoms with Gasteiger partial charge in [0, 0.05) is 18.7 Å².